The van der Waals surface area contributed by atoms with Crippen molar-refractivity contribution in [2.45, 2.75) is 43.1 Å². The number of fused-ring (bicyclic) bond motifs is 4. The van der Waals surface area contributed by atoms with Gasteiger partial charge < -0.3 is 19.2 Å². The molecule has 1 aliphatic carbocycles. The van der Waals surface area contributed by atoms with Crippen LogP contribution in [0, 0.1) is 5.92 Å². The van der Waals surface area contributed by atoms with Gasteiger partial charge in [-0.25, -0.2) is 0 Å². The van der Waals surface area contributed by atoms with Crippen molar-refractivity contribution in [2.24, 2.45) is 5.92 Å². The quantitative estimate of drug-likeness (QED) is 0.564. The van der Waals surface area contributed by atoms with Crippen LogP contribution in [0.2, 0.25) is 0 Å². The lowest BCUT2D eigenvalue weighted by molar-refractivity contribution is -0.171. The molecule has 1 saturated carbocycles. The van der Waals surface area contributed by atoms with E-state index < -0.39 is 22.9 Å². The molecule has 0 bridgehead atoms. The maximum Gasteiger partial charge on any atom is 0.416 e. The average Bonchev–Trinajstić information content (AvgIpc) is 3.16. The lowest BCUT2D eigenvalue weighted by atomic mass is 9.64. The highest BCUT2D eigenvalue weighted by molar-refractivity contribution is 5.82. The molecule has 3 aromatic rings. The molecule has 2 heterocycles. The van der Waals surface area contributed by atoms with Crippen molar-refractivity contribution >= 4 is 11.0 Å². The SMILES string of the molecule is CN(C)CC1CC2(CCC1(O)c1ccc(C(F)(F)F)cc1)OCCc1c2oc2ccccc12. The standard InChI is InChI=1S/C26H28F3NO3/c1-30(2)16-19-15-24(23-21(11-14-32-24)20-5-3-4-6-22(20)33-23)12-13-25(19,31)17-7-9-18(10-8-17)26(27,28)29/h3-10,19,31H,11-16H2,1-2H3. The highest BCUT2D eigenvalue weighted by atomic mass is 19.4. The Morgan fingerprint density at radius 3 is 2.48 bits per heavy atom. The summed E-state index contributed by atoms with van der Waals surface area (Å²) in [5.41, 5.74) is -0.106. The normalized spacial score (nSPS) is 27.9. The predicted octanol–water partition coefficient (Wildman–Crippen LogP) is 5.47. The molecule has 176 valence electrons. The average molecular weight is 460 g/mol. The summed E-state index contributed by atoms with van der Waals surface area (Å²) in [6.07, 6.45) is -2.21. The van der Waals surface area contributed by atoms with E-state index in [0.717, 1.165) is 35.3 Å². The first-order valence-electron chi connectivity index (χ1n) is 11.3. The Hall–Kier alpha value is -2.35. The van der Waals surface area contributed by atoms with Crippen molar-refractivity contribution in [3.8, 4) is 0 Å². The van der Waals surface area contributed by atoms with Gasteiger partial charge in [0.25, 0.3) is 0 Å². The van der Waals surface area contributed by atoms with Crippen LogP contribution in [0.15, 0.2) is 52.9 Å². The number of hydrogen-bond donors (Lipinski definition) is 1. The van der Waals surface area contributed by atoms with Crippen molar-refractivity contribution in [3.05, 3.63) is 71.0 Å². The molecule has 5 rings (SSSR count). The van der Waals surface area contributed by atoms with Gasteiger partial charge in [0.05, 0.1) is 17.8 Å². The second-order valence-corrected chi connectivity index (χ2v) is 9.66. The summed E-state index contributed by atoms with van der Waals surface area (Å²) in [6, 6.07) is 12.9. The molecule has 1 aromatic heterocycles. The molecule has 4 nitrogen and oxygen atoms in total. The fourth-order valence-electron chi connectivity index (χ4n) is 5.72. The van der Waals surface area contributed by atoms with Gasteiger partial charge in [-0.2, -0.15) is 13.2 Å². The molecule has 1 fully saturated rings. The Morgan fingerprint density at radius 1 is 1.06 bits per heavy atom. The van der Waals surface area contributed by atoms with E-state index >= 15 is 0 Å². The molecular formula is C26H28F3NO3. The number of hydrogen-bond acceptors (Lipinski definition) is 4. The summed E-state index contributed by atoms with van der Waals surface area (Å²) in [4.78, 5) is 2.00. The maximum absolute atomic E-state index is 13.1. The van der Waals surface area contributed by atoms with Gasteiger partial charge in [0.2, 0.25) is 0 Å². The fourth-order valence-corrected chi connectivity index (χ4v) is 5.72. The second kappa shape index (κ2) is 7.86. The summed E-state index contributed by atoms with van der Waals surface area (Å²) >= 11 is 0. The number of aliphatic hydroxyl groups is 1. The van der Waals surface area contributed by atoms with Crippen molar-refractivity contribution in [1.29, 1.82) is 0 Å². The Labute approximate surface area is 190 Å². The summed E-state index contributed by atoms with van der Waals surface area (Å²) in [5, 5.41) is 13.0. The molecule has 0 amide bonds. The minimum Gasteiger partial charge on any atom is -0.458 e. The zero-order chi connectivity index (χ0) is 23.4. The molecule has 7 heteroatoms. The first-order valence-corrected chi connectivity index (χ1v) is 11.3. The second-order valence-electron chi connectivity index (χ2n) is 9.66. The van der Waals surface area contributed by atoms with Crippen molar-refractivity contribution in [3.63, 3.8) is 0 Å². The van der Waals surface area contributed by atoms with E-state index in [1.807, 2.05) is 37.2 Å². The van der Waals surface area contributed by atoms with Gasteiger partial charge in [-0.3, -0.25) is 0 Å². The lowest BCUT2D eigenvalue weighted by Gasteiger charge is -2.50. The topological polar surface area (TPSA) is 45.8 Å². The van der Waals surface area contributed by atoms with Crippen molar-refractivity contribution in [2.75, 3.05) is 27.2 Å². The van der Waals surface area contributed by atoms with E-state index in [1.165, 1.54) is 17.7 Å². The number of alkyl halides is 3. The van der Waals surface area contributed by atoms with Crippen LogP contribution in [0.25, 0.3) is 11.0 Å². The zero-order valence-electron chi connectivity index (χ0n) is 18.8. The fraction of sp³-hybridized carbons (Fsp3) is 0.462. The predicted molar refractivity (Wildman–Crippen MR) is 119 cm³/mol. The number of para-hydroxylation sites is 1. The molecule has 1 N–H and O–H groups in total. The monoisotopic (exact) mass is 459 g/mol. The third-order valence-electron chi connectivity index (χ3n) is 7.30. The summed E-state index contributed by atoms with van der Waals surface area (Å²) in [7, 11) is 3.87. The van der Waals surface area contributed by atoms with Gasteiger partial charge >= 0.3 is 6.18 Å². The summed E-state index contributed by atoms with van der Waals surface area (Å²) in [5.74, 6) is 0.588. The first-order chi connectivity index (χ1) is 15.6. The number of halogens is 3. The molecule has 0 radical (unpaired) electrons. The van der Waals surface area contributed by atoms with Crippen LogP contribution < -0.4 is 0 Å². The van der Waals surface area contributed by atoms with Crippen LogP contribution in [0.5, 0.6) is 0 Å². The van der Waals surface area contributed by atoms with Crippen molar-refractivity contribution < 1.29 is 27.4 Å². The minimum atomic E-state index is -4.41. The number of nitrogens with zero attached hydrogens (tertiary/aromatic N) is 1. The zero-order valence-corrected chi connectivity index (χ0v) is 18.8. The number of furan rings is 1. The van der Waals surface area contributed by atoms with Crippen molar-refractivity contribution in [1.82, 2.24) is 4.90 Å². The molecule has 2 aromatic carbocycles. The summed E-state index contributed by atoms with van der Waals surface area (Å²) in [6.45, 7) is 1.14. The maximum atomic E-state index is 13.1. The largest absolute Gasteiger partial charge is 0.458 e. The van der Waals surface area contributed by atoms with Gasteiger partial charge in [-0.1, -0.05) is 30.3 Å². The van der Waals surface area contributed by atoms with E-state index in [1.54, 1.807) is 0 Å². The third-order valence-corrected chi connectivity index (χ3v) is 7.30. The van der Waals surface area contributed by atoms with Crippen LogP contribution in [-0.2, 0) is 28.5 Å². The van der Waals surface area contributed by atoms with E-state index in [4.69, 9.17) is 9.15 Å². The van der Waals surface area contributed by atoms with E-state index in [2.05, 4.69) is 6.07 Å². The highest BCUT2D eigenvalue weighted by Crippen LogP contribution is 2.54. The Kier molecular flexibility index (Phi) is 5.34. The van der Waals surface area contributed by atoms with E-state index in [0.29, 0.717) is 38.0 Å². The van der Waals surface area contributed by atoms with Crippen LogP contribution >= 0.6 is 0 Å². The number of benzene rings is 2. The smallest absolute Gasteiger partial charge is 0.416 e. The van der Waals surface area contributed by atoms with Crippen LogP contribution in [0.3, 0.4) is 0 Å². The van der Waals surface area contributed by atoms with Gasteiger partial charge in [0, 0.05) is 23.4 Å². The van der Waals surface area contributed by atoms with Gasteiger partial charge in [0.1, 0.15) is 16.9 Å². The van der Waals surface area contributed by atoms with Gasteiger partial charge in [-0.15, -0.1) is 0 Å². The number of rotatable bonds is 3. The van der Waals surface area contributed by atoms with Gasteiger partial charge in [0.15, 0.2) is 0 Å². The minimum absolute atomic E-state index is 0.253. The molecule has 1 aliphatic heterocycles. The Morgan fingerprint density at radius 2 is 1.79 bits per heavy atom. The van der Waals surface area contributed by atoms with Gasteiger partial charge in [-0.05, 0) is 63.5 Å². The molecule has 0 saturated heterocycles. The highest BCUT2D eigenvalue weighted by Gasteiger charge is 2.54. The summed E-state index contributed by atoms with van der Waals surface area (Å²) < 4.78 is 51.9. The lowest BCUT2D eigenvalue weighted by Crippen LogP contribution is -2.51. The molecule has 3 unspecified atom stereocenters. The molecule has 2 aliphatic rings. The Balaban J connectivity index is 1.53. The van der Waals surface area contributed by atoms with Crippen LogP contribution in [-0.4, -0.2) is 37.3 Å². The molecular weight excluding hydrogens is 431 g/mol. The number of ether oxygens (including phenoxy) is 1. The van der Waals surface area contributed by atoms with E-state index in [9.17, 15) is 18.3 Å². The van der Waals surface area contributed by atoms with Crippen LogP contribution in [0.4, 0.5) is 13.2 Å². The van der Waals surface area contributed by atoms with Crippen LogP contribution in [0.1, 0.15) is 41.7 Å². The third kappa shape index (κ3) is 3.76. The molecule has 1 spiro atoms. The van der Waals surface area contributed by atoms with E-state index in [-0.39, 0.29) is 5.92 Å². The molecule has 33 heavy (non-hydrogen) atoms. The first kappa shape index (κ1) is 22.4. The Bertz CT molecular complexity index is 1150. The molecule has 3 atom stereocenters.